The second-order valence-electron chi connectivity index (χ2n) is 1.57. The summed E-state index contributed by atoms with van der Waals surface area (Å²) in [6.07, 6.45) is 0. The number of rotatable bonds is 1. The standard InChI is InChI=1S/C3H5F3IN/c1-2(4,8)3(5,6)7/h8H2,1H3. The van der Waals surface area contributed by atoms with Gasteiger partial charge in [0.15, 0.2) is 0 Å². The van der Waals surface area contributed by atoms with Crippen LogP contribution in [0.2, 0.25) is 0 Å². The van der Waals surface area contributed by atoms with Gasteiger partial charge in [0.2, 0.25) is 5.79 Å². The predicted molar refractivity (Wildman–Crippen MR) is 32.7 cm³/mol. The van der Waals surface area contributed by atoms with E-state index in [-0.39, 0.29) is 0 Å². The van der Waals surface area contributed by atoms with Gasteiger partial charge in [0.05, 0.1) is 0 Å². The van der Waals surface area contributed by atoms with Crippen molar-refractivity contribution in [3.8, 4) is 0 Å². The monoisotopic (exact) mass is 239 g/mol. The van der Waals surface area contributed by atoms with E-state index in [9.17, 15) is 13.2 Å². The molecule has 0 heterocycles. The maximum atomic E-state index is 11.9. The van der Waals surface area contributed by atoms with E-state index < -0.39 is 9.72 Å². The van der Waals surface area contributed by atoms with Gasteiger partial charge in [-0.3, -0.25) is 5.73 Å². The highest BCUT2D eigenvalue weighted by molar-refractivity contribution is 14.1. The van der Waals surface area contributed by atoms with E-state index in [0.717, 1.165) is 0 Å². The van der Waals surface area contributed by atoms with Crippen molar-refractivity contribution in [1.29, 1.82) is 0 Å². The predicted octanol–water partition coefficient (Wildman–Crippen LogP) is 1.66. The van der Waals surface area contributed by atoms with Crippen molar-refractivity contribution in [3.05, 3.63) is 0 Å². The Morgan fingerprint density at radius 3 is 1.50 bits per heavy atom. The smallest absolute Gasteiger partial charge is 0.294 e. The second kappa shape index (κ2) is 2.02. The van der Waals surface area contributed by atoms with Gasteiger partial charge in [-0.05, 0) is 6.92 Å². The lowest BCUT2D eigenvalue weighted by Crippen LogP contribution is -2.44. The molecule has 0 saturated carbocycles. The first-order chi connectivity index (χ1) is 3.25. The quantitative estimate of drug-likeness (QED) is 0.420. The molecule has 0 spiro atoms. The summed E-state index contributed by atoms with van der Waals surface area (Å²) >= 11 is 0.650. The van der Waals surface area contributed by atoms with Crippen molar-refractivity contribution < 1.29 is 13.2 Å². The Morgan fingerprint density at radius 2 is 1.50 bits per heavy atom. The Kier molecular flexibility index (Phi) is 2.14. The van der Waals surface area contributed by atoms with Crippen LogP contribution < -0.4 is 5.73 Å². The molecule has 0 fully saturated rings. The van der Waals surface area contributed by atoms with Crippen molar-refractivity contribution in [2.24, 2.45) is 5.73 Å². The van der Waals surface area contributed by atoms with Crippen LogP contribution >= 0.6 is 22.6 Å². The lowest BCUT2D eigenvalue weighted by atomic mass is 10.3. The lowest BCUT2D eigenvalue weighted by molar-refractivity contribution is -0.0333. The molecule has 5 heteroatoms. The summed E-state index contributed by atoms with van der Waals surface area (Å²) in [5.41, 5.74) is 4.39. The van der Waals surface area contributed by atoms with Crippen LogP contribution in [0.15, 0.2) is 0 Å². The molecule has 0 bridgehead atoms. The van der Waals surface area contributed by atoms with Gasteiger partial charge in [-0.1, -0.05) is 0 Å². The molecule has 0 rings (SSSR count). The van der Waals surface area contributed by atoms with Crippen molar-refractivity contribution in [2.75, 3.05) is 0 Å². The molecule has 0 aromatic heterocycles. The number of alkyl halides is 4. The average molecular weight is 239 g/mol. The summed E-state index contributed by atoms with van der Waals surface area (Å²) in [7, 11) is 0. The maximum Gasteiger partial charge on any atom is 0.342 e. The zero-order chi connectivity index (χ0) is 7.00. The van der Waals surface area contributed by atoms with Gasteiger partial charge in [-0.15, -0.1) is 0 Å². The van der Waals surface area contributed by atoms with Crippen molar-refractivity contribution in [1.82, 2.24) is 0 Å². The van der Waals surface area contributed by atoms with Crippen LogP contribution in [-0.4, -0.2) is 9.72 Å². The zero-order valence-electron chi connectivity index (χ0n) is 4.09. The molecule has 0 amide bonds. The summed E-state index contributed by atoms with van der Waals surface area (Å²) in [6, 6.07) is 0. The molecular weight excluding hydrogens is 234 g/mol. The van der Waals surface area contributed by atoms with Gasteiger partial charge in [0, 0.05) is 22.6 Å². The third-order valence-corrected chi connectivity index (χ3v) is 1.61. The van der Waals surface area contributed by atoms with Crippen molar-refractivity contribution >= 4 is 22.6 Å². The Morgan fingerprint density at radius 1 is 1.38 bits per heavy atom. The van der Waals surface area contributed by atoms with E-state index in [4.69, 9.17) is 0 Å². The third-order valence-electron chi connectivity index (χ3n) is 0.554. The molecule has 1 unspecified atom stereocenters. The first kappa shape index (κ1) is 8.48. The Hall–Kier alpha value is 0.480. The van der Waals surface area contributed by atoms with Crippen LogP contribution in [0, 0.1) is 0 Å². The van der Waals surface area contributed by atoms with Gasteiger partial charge >= 0.3 is 3.93 Å². The molecule has 8 heavy (non-hydrogen) atoms. The second-order valence-corrected chi connectivity index (χ2v) is 2.93. The van der Waals surface area contributed by atoms with Crippen LogP contribution in [-0.2, 0) is 0 Å². The fourth-order valence-corrected chi connectivity index (χ4v) is 0. The molecule has 1 atom stereocenters. The van der Waals surface area contributed by atoms with E-state index in [1.165, 1.54) is 0 Å². The molecular formula is C3H5F3IN. The number of hydrogen-bond acceptors (Lipinski definition) is 1. The van der Waals surface area contributed by atoms with Gasteiger partial charge < -0.3 is 0 Å². The minimum atomic E-state index is -3.48. The van der Waals surface area contributed by atoms with Crippen LogP contribution in [0.3, 0.4) is 0 Å². The molecule has 0 aliphatic heterocycles. The van der Waals surface area contributed by atoms with Crippen molar-refractivity contribution in [2.45, 2.75) is 16.6 Å². The molecule has 0 saturated heterocycles. The van der Waals surface area contributed by atoms with Crippen LogP contribution in [0.5, 0.6) is 0 Å². The molecule has 2 N–H and O–H groups in total. The van der Waals surface area contributed by atoms with Gasteiger partial charge in [-0.2, -0.15) is 8.78 Å². The highest BCUT2D eigenvalue weighted by Crippen LogP contribution is 2.33. The lowest BCUT2D eigenvalue weighted by Gasteiger charge is -2.19. The summed E-state index contributed by atoms with van der Waals surface area (Å²) in [5.74, 6) is -2.91. The zero-order valence-corrected chi connectivity index (χ0v) is 6.25. The highest BCUT2D eigenvalue weighted by atomic mass is 127. The maximum absolute atomic E-state index is 11.9. The Bertz CT molecular complexity index is 69.5. The largest absolute Gasteiger partial charge is 0.342 e. The highest BCUT2D eigenvalue weighted by Gasteiger charge is 2.45. The Labute approximate surface area is 58.6 Å². The minimum Gasteiger partial charge on any atom is -0.294 e. The Balaban J connectivity index is 4.02. The number of nitrogens with two attached hydrogens (primary N) is 1. The summed E-state index contributed by atoms with van der Waals surface area (Å²) in [5, 5.41) is 0. The number of hydrogen-bond donors (Lipinski definition) is 1. The molecule has 0 aliphatic rings. The summed E-state index contributed by atoms with van der Waals surface area (Å²) in [6.45, 7) is 0.624. The molecule has 1 nitrogen and oxygen atoms in total. The molecule has 0 aromatic carbocycles. The topological polar surface area (TPSA) is 26.0 Å². The van der Waals surface area contributed by atoms with Gasteiger partial charge in [-0.25, -0.2) is 4.39 Å². The van der Waals surface area contributed by atoms with E-state index in [1.54, 1.807) is 0 Å². The summed E-state index contributed by atoms with van der Waals surface area (Å²) in [4.78, 5) is 0. The first-order valence-corrected chi connectivity index (χ1v) is 2.87. The molecule has 0 radical (unpaired) electrons. The normalized spacial score (nSPS) is 20.2. The summed E-state index contributed by atoms with van der Waals surface area (Å²) < 4.78 is 31.9. The van der Waals surface area contributed by atoms with Gasteiger partial charge in [0.25, 0.3) is 0 Å². The average Bonchev–Trinajstić information content (AvgIpc) is 1.25. The first-order valence-electron chi connectivity index (χ1n) is 1.79. The fourth-order valence-electron chi connectivity index (χ4n) is 0. The van der Waals surface area contributed by atoms with Crippen molar-refractivity contribution in [3.63, 3.8) is 0 Å². The molecule has 0 aromatic rings. The molecule has 0 aliphatic carbocycles. The fraction of sp³-hybridized carbons (Fsp3) is 1.00. The third kappa shape index (κ3) is 2.17. The van der Waals surface area contributed by atoms with E-state index in [1.807, 2.05) is 0 Å². The van der Waals surface area contributed by atoms with Crippen LogP contribution in [0.25, 0.3) is 0 Å². The van der Waals surface area contributed by atoms with Gasteiger partial charge in [0.1, 0.15) is 0 Å². The van der Waals surface area contributed by atoms with E-state index in [0.29, 0.717) is 29.5 Å². The minimum absolute atomic E-state index is 0.624. The van der Waals surface area contributed by atoms with Crippen LogP contribution in [0.1, 0.15) is 6.92 Å². The molecule has 50 valence electrons. The SMILES string of the molecule is CC(N)(F)C(F)(F)I. The van der Waals surface area contributed by atoms with E-state index >= 15 is 0 Å². The number of halogens is 4. The van der Waals surface area contributed by atoms with E-state index in [2.05, 4.69) is 5.73 Å². The van der Waals surface area contributed by atoms with Crippen LogP contribution in [0.4, 0.5) is 13.2 Å².